The van der Waals surface area contributed by atoms with Gasteiger partial charge in [-0.15, -0.1) is 0 Å². The van der Waals surface area contributed by atoms with Crippen molar-refractivity contribution in [1.82, 2.24) is 15.2 Å². The van der Waals surface area contributed by atoms with Crippen LogP contribution in [0.3, 0.4) is 0 Å². The van der Waals surface area contributed by atoms with Crippen molar-refractivity contribution in [2.45, 2.75) is 20.3 Å². The van der Waals surface area contributed by atoms with E-state index in [0.29, 0.717) is 17.9 Å². The minimum absolute atomic E-state index is 0.0657. The molecule has 1 aliphatic heterocycles. The molecule has 1 aliphatic rings. The highest BCUT2D eigenvalue weighted by molar-refractivity contribution is 6.07. The Morgan fingerprint density at radius 2 is 1.81 bits per heavy atom. The minimum atomic E-state index is -0.0657. The highest BCUT2D eigenvalue weighted by atomic mass is 16.5. The number of hydrogen-bond acceptors (Lipinski definition) is 5. The Bertz CT molecular complexity index is 1040. The molecule has 1 fully saturated rings. The van der Waals surface area contributed by atoms with Gasteiger partial charge in [0, 0.05) is 30.7 Å². The lowest BCUT2D eigenvalue weighted by Crippen LogP contribution is -2.38. The number of aromatic nitrogens is 1. The molecule has 2 aromatic carbocycles. The molecular formula is C25H30N4O2. The Balaban J connectivity index is 1.48. The van der Waals surface area contributed by atoms with Gasteiger partial charge in [-0.25, -0.2) is 4.98 Å². The van der Waals surface area contributed by atoms with Crippen molar-refractivity contribution in [1.29, 1.82) is 0 Å². The van der Waals surface area contributed by atoms with Gasteiger partial charge in [-0.2, -0.15) is 0 Å². The highest BCUT2D eigenvalue weighted by Gasteiger charge is 2.14. The first-order chi connectivity index (χ1) is 15.1. The van der Waals surface area contributed by atoms with Crippen LogP contribution >= 0.6 is 0 Å². The number of rotatable bonds is 7. The molecular weight excluding hydrogens is 388 g/mol. The molecule has 0 atom stereocenters. The van der Waals surface area contributed by atoms with E-state index < -0.39 is 0 Å². The summed E-state index contributed by atoms with van der Waals surface area (Å²) in [6.45, 7) is 9.29. The molecule has 1 aromatic heterocycles. The molecule has 0 saturated carbocycles. The smallest absolute Gasteiger partial charge is 0.252 e. The van der Waals surface area contributed by atoms with Crippen molar-refractivity contribution >= 4 is 28.3 Å². The van der Waals surface area contributed by atoms with Gasteiger partial charge < -0.3 is 15.4 Å². The zero-order chi connectivity index (χ0) is 21.6. The van der Waals surface area contributed by atoms with Crippen LogP contribution < -0.4 is 10.6 Å². The summed E-state index contributed by atoms with van der Waals surface area (Å²) in [6.07, 6.45) is 0.919. The van der Waals surface area contributed by atoms with Crippen molar-refractivity contribution in [2.75, 3.05) is 44.7 Å². The van der Waals surface area contributed by atoms with E-state index in [9.17, 15) is 4.79 Å². The van der Waals surface area contributed by atoms with Crippen molar-refractivity contribution in [3.8, 4) is 0 Å². The predicted molar refractivity (Wildman–Crippen MR) is 125 cm³/mol. The van der Waals surface area contributed by atoms with E-state index in [1.54, 1.807) is 0 Å². The summed E-state index contributed by atoms with van der Waals surface area (Å²) < 4.78 is 5.39. The van der Waals surface area contributed by atoms with Crippen molar-refractivity contribution < 1.29 is 9.53 Å². The largest absolute Gasteiger partial charge is 0.379 e. The summed E-state index contributed by atoms with van der Waals surface area (Å²) in [7, 11) is 0. The van der Waals surface area contributed by atoms with Crippen LogP contribution in [0.15, 0.2) is 48.5 Å². The maximum absolute atomic E-state index is 13.0. The second-order valence-corrected chi connectivity index (χ2v) is 8.14. The van der Waals surface area contributed by atoms with Crippen LogP contribution in [0.5, 0.6) is 0 Å². The Kier molecular flexibility index (Phi) is 6.79. The SMILES string of the molecule is Cc1cc(C)cc(Nc2cc(C(=O)NCCCN3CCOCC3)c3ccccc3n2)c1. The van der Waals surface area contributed by atoms with Crippen LogP contribution in [0.25, 0.3) is 10.9 Å². The van der Waals surface area contributed by atoms with E-state index in [2.05, 4.69) is 47.6 Å². The van der Waals surface area contributed by atoms with Gasteiger partial charge in [-0.1, -0.05) is 24.3 Å². The van der Waals surface area contributed by atoms with Crippen molar-refractivity contribution in [3.63, 3.8) is 0 Å². The van der Waals surface area contributed by atoms with E-state index in [1.807, 2.05) is 30.3 Å². The van der Waals surface area contributed by atoms with Gasteiger partial charge in [-0.05, 0) is 62.2 Å². The molecule has 0 radical (unpaired) electrons. The quantitative estimate of drug-likeness (QED) is 0.567. The predicted octanol–water partition coefficient (Wildman–Crippen LogP) is 4.05. The first-order valence-electron chi connectivity index (χ1n) is 10.9. The first kappa shape index (κ1) is 21.3. The van der Waals surface area contributed by atoms with E-state index in [4.69, 9.17) is 9.72 Å². The number of nitrogens with one attached hydrogen (secondary N) is 2. The Morgan fingerprint density at radius 1 is 1.06 bits per heavy atom. The summed E-state index contributed by atoms with van der Waals surface area (Å²) in [4.78, 5) is 20.1. The second-order valence-electron chi connectivity index (χ2n) is 8.14. The van der Waals surface area contributed by atoms with E-state index >= 15 is 0 Å². The van der Waals surface area contributed by atoms with Crippen molar-refractivity contribution in [2.24, 2.45) is 0 Å². The molecule has 0 unspecified atom stereocenters. The number of para-hydroxylation sites is 1. The average Bonchev–Trinajstić information content (AvgIpc) is 2.76. The zero-order valence-electron chi connectivity index (χ0n) is 18.3. The van der Waals surface area contributed by atoms with Crippen LogP contribution in [0.4, 0.5) is 11.5 Å². The highest BCUT2D eigenvalue weighted by Crippen LogP contribution is 2.24. The van der Waals surface area contributed by atoms with Crippen LogP contribution in [0.1, 0.15) is 27.9 Å². The normalized spacial score (nSPS) is 14.5. The summed E-state index contributed by atoms with van der Waals surface area (Å²) in [5.74, 6) is 0.603. The lowest BCUT2D eigenvalue weighted by atomic mass is 10.1. The number of fused-ring (bicyclic) bond motifs is 1. The third-order valence-electron chi connectivity index (χ3n) is 5.50. The molecule has 3 aromatic rings. The summed E-state index contributed by atoms with van der Waals surface area (Å²) in [6, 6.07) is 15.9. The summed E-state index contributed by atoms with van der Waals surface area (Å²) in [5.41, 5.74) is 4.78. The maximum Gasteiger partial charge on any atom is 0.252 e. The molecule has 162 valence electrons. The minimum Gasteiger partial charge on any atom is -0.379 e. The third kappa shape index (κ3) is 5.60. The molecule has 1 amide bonds. The lowest BCUT2D eigenvalue weighted by molar-refractivity contribution is 0.0374. The molecule has 0 aliphatic carbocycles. The fourth-order valence-electron chi connectivity index (χ4n) is 4.05. The second kappa shape index (κ2) is 9.90. The Hall–Kier alpha value is -2.96. The van der Waals surface area contributed by atoms with E-state index in [-0.39, 0.29) is 5.91 Å². The lowest BCUT2D eigenvalue weighted by Gasteiger charge is -2.26. The van der Waals surface area contributed by atoms with Gasteiger partial charge in [0.2, 0.25) is 0 Å². The van der Waals surface area contributed by atoms with Gasteiger partial charge in [-0.3, -0.25) is 9.69 Å². The number of hydrogen-bond donors (Lipinski definition) is 2. The molecule has 6 heteroatoms. The van der Waals surface area contributed by atoms with E-state index in [1.165, 1.54) is 11.1 Å². The number of amides is 1. The molecule has 0 bridgehead atoms. The molecule has 0 spiro atoms. The number of ether oxygens (including phenoxy) is 1. The topological polar surface area (TPSA) is 66.5 Å². The van der Waals surface area contributed by atoms with Crippen LogP contribution in [-0.2, 0) is 4.74 Å². The number of pyridine rings is 1. The molecule has 6 nitrogen and oxygen atoms in total. The van der Waals surface area contributed by atoms with Crippen molar-refractivity contribution in [3.05, 3.63) is 65.2 Å². The van der Waals surface area contributed by atoms with E-state index in [0.717, 1.165) is 55.9 Å². The number of aryl methyl sites for hydroxylation is 2. The van der Waals surface area contributed by atoms with Gasteiger partial charge >= 0.3 is 0 Å². The standard InChI is InChI=1S/C25H30N4O2/c1-18-14-19(2)16-20(15-18)27-24-17-22(21-6-3-4-7-23(21)28-24)25(30)26-8-5-9-29-10-12-31-13-11-29/h3-4,6-7,14-17H,5,8-13H2,1-2H3,(H,26,30)(H,27,28). The summed E-state index contributed by atoms with van der Waals surface area (Å²) in [5, 5.41) is 7.32. The molecule has 2 N–H and O–H groups in total. The number of anilines is 2. The first-order valence-corrected chi connectivity index (χ1v) is 10.9. The average molecular weight is 419 g/mol. The molecule has 1 saturated heterocycles. The molecule has 31 heavy (non-hydrogen) atoms. The van der Waals surface area contributed by atoms with Gasteiger partial charge in [0.15, 0.2) is 0 Å². The Labute approximate surface area is 183 Å². The monoisotopic (exact) mass is 418 g/mol. The van der Waals surface area contributed by atoms with Crippen LogP contribution in [0.2, 0.25) is 0 Å². The number of carbonyl (C=O) groups is 1. The summed E-state index contributed by atoms with van der Waals surface area (Å²) >= 11 is 0. The number of carbonyl (C=O) groups excluding carboxylic acids is 1. The van der Waals surface area contributed by atoms with Crippen LogP contribution in [0, 0.1) is 13.8 Å². The fourth-order valence-corrected chi connectivity index (χ4v) is 4.05. The molecule has 2 heterocycles. The van der Waals surface area contributed by atoms with Gasteiger partial charge in [0.25, 0.3) is 5.91 Å². The number of nitrogens with zero attached hydrogens (tertiary/aromatic N) is 2. The maximum atomic E-state index is 13.0. The third-order valence-corrected chi connectivity index (χ3v) is 5.50. The fraction of sp³-hybridized carbons (Fsp3) is 0.360. The van der Waals surface area contributed by atoms with Gasteiger partial charge in [0.1, 0.15) is 5.82 Å². The van der Waals surface area contributed by atoms with Crippen LogP contribution in [-0.4, -0.2) is 55.2 Å². The number of benzene rings is 2. The Morgan fingerprint density at radius 3 is 2.58 bits per heavy atom. The zero-order valence-corrected chi connectivity index (χ0v) is 18.3. The van der Waals surface area contributed by atoms with Gasteiger partial charge in [0.05, 0.1) is 24.3 Å². The molecule has 4 rings (SSSR count). The number of morpholine rings is 1.